The Labute approximate surface area is 258 Å². The number of thiophene rings is 1. The van der Waals surface area contributed by atoms with Crippen LogP contribution in [0.15, 0.2) is 29.3 Å². The summed E-state index contributed by atoms with van der Waals surface area (Å²) in [4.78, 5) is 37.9. The van der Waals surface area contributed by atoms with E-state index < -0.39 is 29.3 Å². The lowest BCUT2D eigenvalue weighted by Crippen LogP contribution is -2.41. The lowest BCUT2D eigenvalue weighted by Gasteiger charge is -2.25. The van der Waals surface area contributed by atoms with Gasteiger partial charge in [-0.25, -0.2) is 4.79 Å². The third-order valence-electron chi connectivity index (χ3n) is 6.19. The molecule has 1 aliphatic rings. The van der Waals surface area contributed by atoms with E-state index in [9.17, 15) is 9.59 Å². The number of hydroxylamine groups is 2. The second-order valence-corrected chi connectivity index (χ2v) is 13.3. The molecule has 43 heavy (non-hydrogen) atoms. The van der Waals surface area contributed by atoms with Crippen molar-refractivity contribution in [2.45, 2.75) is 86.0 Å². The topological polar surface area (TPSA) is 128 Å². The lowest BCUT2D eigenvalue weighted by molar-refractivity contribution is -0.154. The van der Waals surface area contributed by atoms with Gasteiger partial charge < -0.3 is 9.47 Å². The predicted molar refractivity (Wildman–Crippen MR) is 171 cm³/mol. The average molecular weight is 608 g/mol. The summed E-state index contributed by atoms with van der Waals surface area (Å²) < 4.78 is 10.9. The number of aliphatic imine (C=N–C) groups is 1. The zero-order valence-corrected chi connectivity index (χ0v) is 27.4. The van der Waals surface area contributed by atoms with E-state index in [2.05, 4.69) is 11.8 Å². The van der Waals surface area contributed by atoms with E-state index in [1.165, 1.54) is 18.4 Å². The van der Waals surface area contributed by atoms with Crippen LogP contribution in [0.3, 0.4) is 0 Å². The van der Waals surface area contributed by atoms with Crippen LogP contribution >= 0.6 is 11.3 Å². The minimum atomic E-state index is -0.850. The van der Waals surface area contributed by atoms with Gasteiger partial charge in [-0.1, -0.05) is 24.0 Å². The number of ether oxygens (including phenoxy) is 2. The molecule has 0 bridgehead atoms. The number of nitrogens with zero attached hydrogens (tertiary/aromatic N) is 3. The number of anilines is 1. The standard InChI is InChI=1S/C32H41N5O5S/c1-19-20(2)43-29-26(19)27(35-24(28(34)37(29)21(3)33)18-25(38)41-31(4,5)6)23-15-13-22(14-16-23)12-11-17-36(40-10)30(39)42-32(7,8)9/h13-16,24,33-34H,17-18H2,1-10H3/t24-/m0/s1. The van der Waals surface area contributed by atoms with Crippen LogP contribution in [-0.2, 0) is 19.1 Å². The Kier molecular flexibility index (Phi) is 10.2. The van der Waals surface area contributed by atoms with Gasteiger partial charge in [-0.15, -0.1) is 11.3 Å². The molecule has 1 aliphatic heterocycles. The van der Waals surface area contributed by atoms with Crippen LogP contribution < -0.4 is 4.90 Å². The molecular formula is C32H41N5O5S. The van der Waals surface area contributed by atoms with Crippen LogP contribution in [0.2, 0.25) is 0 Å². The number of esters is 1. The first-order valence-corrected chi connectivity index (χ1v) is 14.7. The SMILES string of the molecule is CON(CC#Cc1ccc(C2=N[C@@H](CC(=O)OC(C)(C)C)C(=N)N(C(C)=N)c3sc(C)c(C)c32)cc1)C(=O)OC(C)(C)C. The molecule has 0 saturated carbocycles. The summed E-state index contributed by atoms with van der Waals surface area (Å²) in [6, 6.07) is 6.63. The van der Waals surface area contributed by atoms with Gasteiger partial charge in [0.25, 0.3) is 0 Å². The average Bonchev–Trinajstić information content (AvgIpc) is 3.08. The number of fused-ring (bicyclic) bond motifs is 1. The second-order valence-electron chi connectivity index (χ2n) is 12.1. The highest BCUT2D eigenvalue weighted by molar-refractivity contribution is 7.17. The van der Waals surface area contributed by atoms with Crippen molar-refractivity contribution >= 4 is 45.8 Å². The van der Waals surface area contributed by atoms with Gasteiger partial charge in [0.2, 0.25) is 0 Å². The van der Waals surface area contributed by atoms with Crippen molar-refractivity contribution in [2.75, 3.05) is 18.6 Å². The molecule has 10 nitrogen and oxygen atoms in total. The highest BCUT2D eigenvalue weighted by atomic mass is 32.1. The number of hydrogen-bond donors (Lipinski definition) is 2. The van der Waals surface area contributed by atoms with Gasteiger partial charge in [0, 0.05) is 21.6 Å². The third-order valence-corrected chi connectivity index (χ3v) is 7.39. The molecular weight excluding hydrogens is 566 g/mol. The fourth-order valence-corrected chi connectivity index (χ4v) is 5.49. The van der Waals surface area contributed by atoms with Crippen LogP contribution in [0.25, 0.3) is 0 Å². The summed E-state index contributed by atoms with van der Waals surface area (Å²) in [7, 11) is 1.38. The van der Waals surface area contributed by atoms with Crippen molar-refractivity contribution in [1.29, 1.82) is 10.8 Å². The maximum absolute atomic E-state index is 12.8. The second kappa shape index (κ2) is 13.1. The predicted octanol–water partition coefficient (Wildman–Crippen LogP) is 6.25. The van der Waals surface area contributed by atoms with E-state index in [0.29, 0.717) is 11.3 Å². The number of benzene rings is 1. The molecule has 1 aromatic carbocycles. The van der Waals surface area contributed by atoms with Crippen molar-refractivity contribution in [3.63, 3.8) is 0 Å². The number of amides is 1. The number of rotatable bonds is 5. The molecule has 2 aromatic rings. The largest absolute Gasteiger partial charge is 0.460 e. The smallest absolute Gasteiger partial charge is 0.435 e. The van der Waals surface area contributed by atoms with Crippen molar-refractivity contribution in [3.05, 3.63) is 51.4 Å². The highest BCUT2D eigenvalue weighted by Gasteiger charge is 2.35. The minimum absolute atomic E-state index is 0.0177. The Hall–Kier alpha value is -4.01. The lowest BCUT2D eigenvalue weighted by atomic mass is 9.98. The molecule has 0 fully saturated rings. The number of nitrogens with one attached hydrogen (secondary N) is 2. The first kappa shape index (κ1) is 33.5. The Morgan fingerprint density at radius 2 is 1.67 bits per heavy atom. The van der Waals surface area contributed by atoms with Gasteiger partial charge in [0.1, 0.15) is 40.5 Å². The summed E-state index contributed by atoms with van der Waals surface area (Å²) in [6.07, 6.45) is -0.753. The van der Waals surface area contributed by atoms with Gasteiger partial charge >= 0.3 is 12.1 Å². The summed E-state index contributed by atoms with van der Waals surface area (Å²) >= 11 is 1.49. The normalized spacial score (nSPS) is 15.0. The molecule has 0 radical (unpaired) electrons. The first-order valence-electron chi connectivity index (χ1n) is 13.9. The van der Waals surface area contributed by atoms with Crippen molar-refractivity contribution in [3.8, 4) is 11.8 Å². The molecule has 0 aliphatic carbocycles. The van der Waals surface area contributed by atoms with E-state index >= 15 is 0 Å². The number of amidine groups is 2. The molecule has 1 amide bonds. The zero-order valence-electron chi connectivity index (χ0n) is 26.6. The van der Waals surface area contributed by atoms with E-state index in [1.807, 2.05) is 38.1 Å². The third kappa shape index (κ3) is 8.52. The van der Waals surface area contributed by atoms with Crippen molar-refractivity contribution < 1.29 is 23.9 Å². The van der Waals surface area contributed by atoms with Gasteiger partial charge in [-0.2, -0.15) is 5.06 Å². The Morgan fingerprint density at radius 3 is 2.21 bits per heavy atom. The summed E-state index contributed by atoms with van der Waals surface area (Å²) in [5, 5.41) is 19.3. The molecule has 2 N–H and O–H groups in total. The molecule has 0 spiro atoms. The number of carbonyl (C=O) groups is 2. The molecule has 0 saturated heterocycles. The van der Waals surface area contributed by atoms with E-state index in [4.69, 9.17) is 30.1 Å². The molecule has 0 unspecified atom stereocenters. The summed E-state index contributed by atoms with van der Waals surface area (Å²) in [5.41, 5.74) is 2.63. The Bertz CT molecular complexity index is 1500. The molecule has 230 valence electrons. The molecule has 3 rings (SSSR count). The van der Waals surface area contributed by atoms with Gasteiger partial charge in [0.15, 0.2) is 0 Å². The van der Waals surface area contributed by atoms with Crippen LogP contribution in [0, 0.1) is 36.5 Å². The highest BCUT2D eigenvalue weighted by Crippen LogP contribution is 2.40. The van der Waals surface area contributed by atoms with Crippen LogP contribution in [0.1, 0.15) is 82.0 Å². The van der Waals surface area contributed by atoms with E-state index in [-0.39, 0.29) is 24.6 Å². The van der Waals surface area contributed by atoms with Gasteiger partial charge in [0.05, 0.1) is 19.2 Å². The van der Waals surface area contributed by atoms with Gasteiger partial charge in [-0.05, 0) is 80.0 Å². The molecule has 2 heterocycles. The maximum Gasteiger partial charge on any atom is 0.435 e. The fraction of sp³-hybridized carbons (Fsp3) is 0.469. The summed E-state index contributed by atoms with van der Waals surface area (Å²) in [5.74, 6) is 5.73. The van der Waals surface area contributed by atoms with Crippen LogP contribution in [0.5, 0.6) is 0 Å². The number of hydrogen-bond acceptors (Lipinski definition) is 9. The van der Waals surface area contributed by atoms with Crippen molar-refractivity contribution in [2.24, 2.45) is 4.99 Å². The first-order chi connectivity index (χ1) is 19.9. The fourth-order valence-electron chi connectivity index (χ4n) is 4.26. The van der Waals surface area contributed by atoms with Crippen LogP contribution in [-0.4, -0.2) is 65.4 Å². The molecule has 11 heteroatoms. The van der Waals surface area contributed by atoms with Gasteiger partial charge in [-0.3, -0.25) is 30.3 Å². The van der Waals surface area contributed by atoms with E-state index in [1.54, 1.807) is 53.4 Å². The number of carbonyl (C=O) groups excluding carboxylic acids is 2. The van der Waals surface area contributed by atoms with E-state index in [0.717, 1.165) is 31.6 Å². The van der Waals surface area contributed by atoms with Crippen LogP contribution in [0.4, 0.5) is 9.80 Å². The maximum atomic E-state index is 12.8. The quantitative estimate of drug-likeness (QED) is 0.136. The Morgan fingerprint density at radius 1 is 1.07 bits per heavy atom. The zero-order chi connectivity index (χ0) is 32.3. The molecule has 1 aromatic heterocycles. The number of aryl methyl sites for hydroxylation is 1. The molecule has 1 atom stereocenters. The minimum Gasteiger partial charge on any atom is -0.460 e. The monoisotopic (exact) mass is 607 g/mol. The Balaban J connectivity index is 1.99. The summed E-state index contributed by atoms with van der Waals surface area (Å²) in [6.45, 7) is 16.4. The van der Waals surface area contributed by atoms with Crippen molar-refractivity contribution in [1.82, 2.24) is 5.06 Å².